The number of hydrogen-bond donors (Lipinski definition) is 1. The first kappa shape index (κ1) is 23.6. The Labute approximate surface area is 216 Å². The number of benzene rings is 2. The van der Waals surface area contributed by atoms with E-state index in [0.29, 0.717) is 22.4 Å². The van der Waals surface area contributed by atoms with Crippen molar-refractivity contribution >= 4 is 34.0 Å². The second-order valence-corrected chi connectivity index (χ2v) is 11.0. The highest BCUT2D eigenvalue weighted by Gasteiger charge is 2.48. The number of amides is 1. The molecule has 2 saturated heterocycles. The van der Waals surface area contributed by atoms with E-state index in [0.717, 1.165) is 82.4 Å². The molecule has 188 valence electrons. The highest BCUT2D eigenvalue weighted by molar-refractivity contribution is 6.35. The molecule has 3 aliphatic rings. The smallest absolute Gasteiger partial charge is 0.257 e. The van der Waals surface area contributed by atoms with Crippen LogP contribution in [0.3, 0.4) is 0 Å². The fraction of sp³-hybridized carbons (Fsp3) is 0.448. The van der Waals surface area contributed by atoms with Crippen LogP contribution in [0.1, 0.15) is 37.7 Å². The van der Waals surface area contributed by atoms with Gasteiger partial charge in [-0.05, 0) is 54.8 Å². The highest BCUT2D eigenvalue weighted by Crippen LogP contribution is 2.45. The summed E-state index contributed by atoms with van der Waals surface area (Å²) in [4.78, 5) is 35.5. The van der Waals surface area contributed by atoms with E-state index >= 15 is 0 Å². The van der Waals surface area contributed by atoms with E-state index < -0.39 is 0 Å². The summed E-state index contributed by atoms with van der Waals surface area (Å²) in [5.74, 6) is 0.343. The molecule has 0 spiro atoms. The first-order valence-corrected chi connectivity index (χ1v) is 13.6. The third kappa shape index (κ3) is 4.10. The molecule has 0 bridgehead atoms. The maximum absolute atomic E-state index is 13.6. The van der Waals surface area contributed by atoms with E-state index in [1.54, 1.807) is 6.20 Å². The number of anilines is 1. The molecular weight excluding hydrogens is 472 g/mol. The predicted molar refractivity (Wildman–Crippen MR) is 145 cm³/mol. The number of piperazine rings is 1. The lowest BCUT2D eigenvalue weighted by molar-refractivity contribution is -0.142. The standard InChI is InChI=1S/C29H33ClN4O2/c30-25-20-24(19-21-7-12-31-27(35)26(21)25)33-17-15-32(16-18-33)23-8-13-34(14-9-23)28(36)29(10-4-11-29)22-5-2-1-3-6-22/h1-3,5-7,12,19-20,23H,4,8-11,13-18H2,(H,31,35). The van der Waals surface area contributed by atoms with Crippen LogP contribution in [0.2, 0.25) is 5.02 Å². The third-order valence-electron chi connectivity index (χ3n) is 8.70. The van der Waals surface area contributed by atoms with E-state index in [2.05, 4.69) is 50.0 Å². The second kappa shape index (κ2) is 9.56. The Morgan fingerprint density at radius 2 is 1.67 bits per heavy atom. The van der Waals surface area contributed by atoms with Crippen LogP contribution in [0.15, 0.2) is 59.5 Å². The van der Waals surface area contributed by atoms with Gasteiger partial charge in [-0.15, -0.1) is 0 Å². The van der Waals surface area contributed by atoms with Gasteiger partial charge in [0.1, 0.15) is 0 Å². The van der Waals surface area contributed by atoms with Crippen LogP contribution in [-0.2, 0) is 10.2 Å². The van der Waals surface area contributed by atoms with Gasteiger partial charge in [-0.2, -0.15) is 0 Å². The van der Waals surface area contributed by atoms with Gasteiger partial charge in [0.05, 0.1) is 15.8 Å². The molecule has 36 heavy (non-hydrogen) atoms. The number of likely N-dealkylation sites (tertiary alicyclic amines) is 1. The summed E-state index contributed by atoms with van der Waals surface area (Å²) in [5, 5.41) is 1.93. The molecule has 0 radical (unpaired) electrons. The lowest BCUT2D eigenvalue weighted by atomic mass is 9.63. The molecule has 1 N–H and O–H groups in total. The molecular formula is C29H33ClN4O2. The van der Waals surface area contributed by atoms with Gasteiger partial charge in [0.2, 0.25) is 5.91 Å². The zero-order chi connectivity index (χ0) is 24.7. The molecule has 0 unspecified atom stereocenters. The first-order chi connectivity index (χ1) is 17.5. The number of fused-ring (bicyclic) bond motifs is 1. The van der Waals surface area contributed by atoms with Crippen LogP contribution in [-0.4, -0.2) is 66.0 Å². The fourth-order valence-corrected chi connectivity index (χ4v) is 6.75. The van der Waals surface area contributed by atoms with Crippen molar-refractivity contribution in [1.82, 2.24) is 14.8 Å². The zero-order valence-corrected chi connectivity index (χ0v) is 21.3. The number of pyridine rings is 1. The summed E-state index contributed by atoms with van der Waals surface area (Å²) >= 11 is 6.47. The molecule has 1 aliphatic carbocycles. The number of piperidine rings is 1. The Kier molecular flexibility index (Phi) is 6.26. The quantitative estimate of drug-likeness (QED) is 0.571. The lowest BCUT2D eigenvalue weighted by Gasteiger charge is -2.47. The number of rotatable bonds is 4. The molecule has 3 heterocycles. The summed E-state index contributed by atoms with van der Waals surface area (Å²) in [6.45, 7) is 5.57. The van der Waals surface area contributed by atoms with Gasteiger partial charge in [0.15, 0.2) is 0 Å². The monoisotopic (exact) mass is 504 g/mol. The molecule has 2 aromatic carbocycles. The Balaban J connectivity index is 1.06. The van der Waals surface area contributed by atoms with Crippen molar-refractivity contribution in [2.75, 3.05) is 44.2 Å². The maximum atomic E-state index is 13.6. The van der Waals surface area contributed by atoms with Crippen molar-refractivity contribution in [3.63, 3.8) is 0 Å². The van der Waals surface area contributed by atoms with Crippen LogP contribution in [0, 0.1) is 0 Å². The molecule has 3 aromatic rings. The Hall–Kier alpha value is -2.83. The van der Waals surface area contributed by atoms with Crippen LogP contribution in [0.25, 0.3) is 10.8 Å². The molecule has 0 atom stereocenters. The van der Waals surface area contributed by atoms with Gasteiger partial charge in [-0.25, -0.2) is 0 Å². The first-order valence-electron chi connectivity index (χ1n) is 13.2. The molecule has 1 saturated carbocycles. The molecule has 6 nitrogen and oxygen atoms in total. The number of halogens is 1. The van der Waals surface area contributed by atoms with Crippen molar-refractivity contribution in [3.05, 3.63) is 75.7 Å². The number of carbonyl (C=O) groups is 1. The number of aromatic amines is 1. The number of aromatic nitrogens is 1. The van der Waals surface area contributed by atoms with E-state index in [1.807, 2.05) is 18.2 Å². The van der Waals surface area contributed by atoms with E-state index in [4.69, 9.17) is 11.6 Å². The number of carbonyl (C=O) groups excluding carboxylic acids is 1. The van der Waals surface area contributed by atoms with Gasteiger partial charge in [-0.1, -0.05) is 48.4 Å². The summed E-state index contributed by atoms with van der Waals surface area (Å²) in [6.07, 6.45) is 6.85. The van der Waals surface area contributed by atoms with Crippen molar-refractivity contribution in [1.29, 1.82) is 0 Å². The van der Waals surface area contributed by atoms with Crippen molar-refractivity contribution in [2.24, 2.45) is 0 Å². The summed E-state index contributed by atoms with van der Waals surface area (Å²) in [7, 11) is 0. The molecule has 1 aromatic heterocycles. The normalized spacial score (nSPS) is 20.9. The van der Waals surface area contributed by atoms with Crippen LogP contribution >= 0.6 is 11.6 Å². The average molecular weight is 505 g/mol. The van der Waals surface area contributed by atoms with E-state index in [1.165, 1.54) is 5.56 Å². The number of nitrogens with one attached hydrogen (secondary N) is 1. The van der Waals surface area contributed by atoms with Gasteiger partial charge in [-0.3, -0.25) is 14.5 Å². The summed E-state index contributed by atoms with van der Waals surface area (Å²) < 4.78 is 0. The topological polar surface area (TPSA) is 59.7 Å². The number of H-pyrrole nitrogens is 1. The van der Waals surface area contributed by atoms with Crippen LogP contribution in [0.4, 0.5) is 5.69 Å². The lowest BCUT2D eigenvalue weighted by Crippen LogP contribution is -2.57. The zero-order valence-electron chi connectivity index (χ0n) is 20.6. The van der Waals surface area contributed by atoms with Crippen molar-refractivity contribution in [3.8, 4) is 0 Å². The molecule has 6 rings (SSSR count). The van der Waals surface area contributed by atoms with Gasteiger partial charge >= 0.3 is 0 Å². The maximum Gasteiger partial charge on any atom is 0.257 e. The van der Waals surface area contributed by atoms with Crippen molar-refractivity contribution < 1.29 is 4.79 Å². The van der Waals surface area contributed by atoms with Gasteiger partial charge in [0.25, 0.3) is 5.56 Å². The minimum Gasteiger partial charge on any atom is -0.369 e. The minimum atomic E-state index is -0.286. The number of hydrogen-bond acceptors (Lipinski definition) is 4. The Morgan fingerprint density at radius 1 is 0.944 bits per heavy atom. The predicted octanol–water partition coefficient (Wildman–Crippen LogP) is 4.42. The van der Waals surface area contributed by atoms with E-state index in [-0.39, 0.29) is 11.0 Å². The Morgan fingerprint density at radius 3 is 2.33 bits per heavy atom. The fourth-order valence-electron chi connectivity index (χ4n) is 6.44. The molecule has 3 fully saturated rings. The highest BCUT2D eigenvalue weighted by atomic mass is 35.5. The SMILES string of the molecule is O=C(N1CCC(N2CCN(c3cc(Cl)c4c(=O)[nH]ccc4c3)CC2)CC1)C1(c2ccccc2)CCC1. The van der Waals surface area contributed by atoms with E-state index in [9.17, 15) is 9.59 Å². The van der Waals surface area contributed by atoms with Crippen molar-refractivity contribution in [2.45, 2.75) is 43.6 Å². The molecule has 2 aliphatic heterocycles. The molecule has 1 amide bonds. The minimum absolute atomic E-state index is 0.148. The summed E-state index contributed by atoms with van der Waals surface area (Å²) in [6, 6.07) is 16.8. The second-order valence-electron chi connectivity index (χ2n) is 10.5. The average Bonchev–Trinajstić information content (AvgIpc) is 2.89. The van der Waals surface area contributed by atoms with Crippen LogP contribution < -0.4 is 10.5 Å². The number of nitrogens with zero attached hydrogens (tertiary/aromatic N) is 3. The van der Waals surface area contributed by atoms with Gasteiger partial charge < -0.3 is 14.8 Å². The Bertz CT molecular complexity index is 1300. The third-order valence-corrected chi connectivity index (χ3v) is 9.00. The largest absolute Gasteiger partial charge is 0.369 e. The molecule has 7 heteroatoms. The van der Waals surface area contributed by atoms with Gasteiger partial charge in [0, 0.05) is 57.2 Å². The van der Waals surface area contributed by atoms with Crippen LogP contribution in [0.5, 0.6) is 0 Å². The summed E-state index contributed by atoms with van der Waals surface area (Å²) in [5.41, 5.74) is 1.83.